The number of benzene rings is 1. The van der Waals surface area contributed by atoms with Crippen LogP contribution in [0.25, 0.3) is 0 Å². The molecule has 2 rings (SSSR count). The first-order valence-corrected chi connectivity index (χ1v) is 6.78. The van der Waals surface area contributed by atoms with Crippen molar-refractivity contribution in [1.82, 2.24) is 0 Å². The van der Waals surface area contributed by atoms with Gasteiger partial charge in [0, 0.05) is 16.2 Å². The van der Waals surface area contributed by atoms with Crippen LogP contribution in [0.2, 0.25) is 0 Å². The van der Waals surface area contributed by atoms with Gasteiger partial charge in [-0.2, -0.15) is 0 Å². The summed E-state index contributed by atoms with van der Waals surface area (Å²) in [5, 5.41) is 0. The third-order valence-electron chi connectivity index (χ3n) is 2.82. The molecule has 18 heavy (non-hydrogen) atoms. The van der Waals surface area contributed by atoms with Gasteiger partial charge in [-0.3, -0.25) is 4.79 Å². The van der Waals surface area contributed by atoms with Crippen LogP contribution >= 0.6 is 11.3 Å². The van der Waals surface area contributed by atoms with E-state index in [1.54, 1.807) is 23.5 Å². The number of carbonyl (C=O) groups excluding carboxylic acids is 1. The Bertz CT molecular complexity index is 572. The molecule has 1 heterocycles. The van der Waals surface area contributed by atoms with Crippen LogP contribution in [0.3, 0.4) is 0 Å². The van der Waals surface area contributed by atoms with E-state index in [4.69, 9.17) is 0 Å². The zero-order chi connectivity index (χ0) is 13.1. The highest BCUT2D eigenvalue weighted by atomic mass is 32.1. The number of hydrogen-bond acceptors (Lipinski definition) is 2. The van der Waals surface area contributed by atoms with Gasteiger partial charge in [0.1, 0.15) is 5.82 Å². The quantitative estimate of drug-likeness (QED) is 0.755. The Labute approximate surface area is 110 Å². The normalized spacial score (nSPS) is 10.6. The van der Waals surface area contributed by atoms with Gasteiger partial charge in [-0.05, 0) is 37.6 Å². The van der Waals surface area contributed by atoms with Gasteiger partial charge in [0.2, 0.25) is 0 Å². The molecule has 94 valence electrons. The Hall–Kier alpha value is -1.48. The van der Waals surface area contributed by atoms with Crippen LogP contribution in [0.4, 0.5) is 4.39 Å². The van der Waals surface area contributed by atoms with Crippen LogP contribution in [-0.4, -0.2) is 5.78 Å². The molecule has 1 aromatic heterocycles. The third kappa shape index (κ3) is 2.85. The van der Waals surface area contributed by atoms with Crippen molar-refractivity contribution in [3.8, 4) is 0 Å². The van der Waals surface area contributed by atoms with Gasteiger partial charge in [-0.15, -0.1) is 11.3 Å². The molecule has 0 saturated heterocycles. The molecule has 0 aliphatic rings. The lowest BCUT2D eigenvalue weighted by Crippen LogP contribution is -2.05. The molecule has 0 bridgehead atoms. The highest BCUT2D eigenvalue weighted by Crippen LogP contribution is 2.20. The molecular weight excluding hydrogens is 247 g/mol. The minimum atomic E-state index is -0.433. The van der Waals surface area contributed by atoms with Crippen molar-refractivity contribution < 1.29 is 9.18 Å². The summed E-state index contributed by atoms with van der Waals surface area (Å²) in [6, 6.07) is 8.63. The maximum atomic E-state index is 13.6. The lowest BCUT2D eigenvalue weighted by molar-refractivity contribution is 0.0990. The van der Waals surface area contributed by atoms with Gasteiger partial charge in [-0.25, -0.2) is 4.39 Å². The van der Waals surface area contributed by atoms with Gasteiger partial charge < -0.3 is 0 Å². The van der Waals surface area contributed by atoms with E-state index in [9.17, 15) is 9.18 Å². The molecule has 0 aliphatic heterocycles. The number of carbonyl (C=O) groups is 1. The summed E-state index contributed by atoms with van der Waals surface area (Å²) >= 11 is 1.62. The number of hydrogen-bond donors (Lipinski definition) is 0. The largest absolute Gasteiger partial charge is 0.294 e. The highest BCUT2D eigenvalue weighted by Gasteiger charge is 2.13. The average molecular weight is 262 g/mol. The average Bonchev–Trinajstić information content (AvgIpc) is 2.80. The fourth-order valence-corrected chi connectivity index (χ4v) is 2.77. The maximum absolute atomic E-state index is 13.6. The fourth-order valence-electron chi connectivity index (χ4n) is 1.81. The van der Waals surface area contributed by atoms with Crippen LogP contribution in [0.5, 0.6) is 0 Å². The Kier molecular flexibility index (Phi) is 3.92. The van der Waals surface area contributed by atoms with Crippen LogP contribution in [0.1, 0.15) is 32.6 Å². The first-order chi connectivity index (χ1) is 8.60. The summed E-state index contributed by atoms with van der Waals surface area (Å²) in [6.07, 6.45) is 1.25. The van der Waals surface area contributed by atoms with E-state index < -0.39 is 5.82 Å². The minimum Gasteiger partial charge on any atom is -0.294 e. The summed E-state index contributed by atoms with van der Waals surface area (Å²) in [5.41, 5.74) is 1.10. The van der Waals surface area contributed by atoms with E-state index in [2.05, 4.69) is 6.92 Å². The van der Waals surface area contributed by atoms with Gasteiger partial charge in [0.05, 0.1) is 5.56 Å². The molecule has 1 nitrogen and oxygen atoms in total. The van der Waals surface area contributed by atoms with E-state index in [1.165, 1.54) is 10.9 Å². The van der Waals surface area contributed by atoms with Gasteiger partial charge in [0.15, 0.2) is 5.78 Å². The molecule has 0 unspecified atom stereocenters. The van der Waals surface area contributed by atoms with Crippen molar-refractivity contribution in [3.05, 3.63) is 57.0 Å². The Morgan fingerprint density at radius 1 is 1.22 bits per heavy atom. The molecule has 3 heteroatoms. The van der Waals surface area contributed by atoms with Crippen molar-refractivity contribution in [2.45, 2.75) is 26.7 Å². The Morgan fingerprint density at radius 3 is 2.61 bits per heavy atom. The van der Waals surface area contributed by atoms with Gasteiger partial charge >= 0.3 is 0 Å². The van der Waals surface area contributed by atoms with E-state index in [-0.39, 0.29) is 17.8 Å². The summed E-state index contributed by atoms with van der Waals surface area (Å²) in [4.78, 5) is 14.3. The van der Waals surface area contributed by atoms with Crippen molar-refractivity contribution in [2.24, 2.45) is 0 Å². The molecule has 0 aliphatic carbocycles. The van der Waals surface area contributed by atoms with Gasteiger partial charge in [0.25, 0.3) is 0 Å². The van der Waals surface area contributed by atoms with E-state index >= 15 is 0 Å². The molecular formula is C15H15FOS. The predicted molar refractivity (Wildman–Crippen MR) is 72.9 cm³/mol. The third-order valence-corrected chi connectivity index (χ3v) is 4.05. The molecule has 0 spiro atoms. The lowest BCUT2D eigenvalue weighted by atomic mass is 10.0. The van der Waals surface area contributed by atoms with Crippen LogP contribution in [0.15, 0.2) is 30.3 Å². The van der Waals surface area contributed by atoms with E-state index in [0.717, 1.165) is 16.9 Å². The van der Waals surface area contributed by atoms with Crippen molar-refractivity contribution in [1.29, 1.82) is 0 Å². The number of ketones is 1. The van der Waals surface area contributed by atoms with Crippen molar-refractivity contribution in [3.63, 3.8) is 0 Å². The molecule has 0 atom stereocenters. The number of thiophene rings is 1. The molecule has 2 aromatic rings. The Balaban J connectivity index is 2.19. The SMILES string of the molecule is CCc1ccc(CC(=O)c2cc(C)ccc2F)s1. The molecule has 0 saturated carbocycles. The summed E-state index contributed by atoms with van der Waals surface area (Å²) in [7, 11) is 0. The number of aryl methyl sites for hydroxylation is 2. The zero-order valence-corrected chi connectivity index (χ0v) is 11.3. The molecule has 1 aromatic carbocycles. The number of Topliss-reactive ketones (excluding diaryl/α,β-unsaturated/α-hetero) is 1. The standard InChI is InChI=1S/C15H15FOS/c1-3-11-5-6-12(18-11)9-15(17)13-8-10(2)4-7-14(13)16/h4-8H,3,9H2,1-2H3. The maximum Gasteiger partial charge on any atom is 0.171 e. The summed E-state index contributed by atoms with van der Waals surface area (Å²) < 4.78 is 13.6. The topological polar surface area (TPSA) is 17.1 Å². The Morgan fingerprint density at radius 2 is 1.94 bits per heavy atom. The summed E-state index contributed by atoms with van der Waals surface area (Å²) in [6.45, 7) is 3.94. The fraction of sp³-hybridized carbons (Fsp3) is 0.267. The molecule has 0 amide bonds. The van der Waals surface area contributed by atoms with E-state index in [0.29, 0.717) is 0 Å². The first kappa shape index (κ1) is 13.0. The lowest BCUT2D eigenvalue weighted by Gasteiger charge is -2.02. The second-order valence-corrected chi connectivity index (χ2v) is 5.56. The zero-order valence-electron chi connectivity index (χ0n) is 10.5. The smallest absolute Gasteiger partial charge is 0.171 e. The van der Waals surface area contributed by atoms with Crippen LogP contribution in [0, 0.1) is 12.7 Å². The monoisotopic (exact) mass is 262 g/mol. The van der Waals surface area contributed by atoms with E-state index in [1.807, 2.05) is 19.1 Å². The second-order valence-electron chi connectivity index (χ2n) is 4.30. The highest BCUT2D eigenvalue weighted by molar-refractivity contribution is 7.12. The molecule has 0 radical (unpaired) electrons. The molecule has 0 fully saturated rings. The summed E-state index contributed by atoms with van der Waals surface area (Å²) in [5.74, 6) is -0.585. The second kappa shape index (κ2) is 5.44. The molecule has 0 N–H and O–H groups in total. The van der Waals surface area contributed by atoms with Crippen LogP contribution < -0.4 is 0 Å². The van der Waals surface area contributed by atoms with Crippen molar-refractivity contribution in [2.75, 3.05) is 0 Å². The predicted octanol–water partition coefficient (Wildman–Crippen LogP) is 4.18. The number of rotatable bonds is 4. The minimum absolute atomic E-state index is 0.152. The van der Waals surface area contributed by atoms with Crippen molar-refractivity contribution >= 4 is 17.1 Å². The number of halogens is 1. The van der Waals surface area contributed by atoms with Gasteiger partial charge in [-0.1, -0.05) is 18.6 Å². The van der Waals surface area contributed by atoms with Crippen LogP contribution in [-0.2, 0) is 12.8 Å². The first-order valence-electron chi connectivity index (χ1n) is 5.97.